The number of hydrogen-bond donors (Lipinski definition) is 2. The van der Waals surface area contributed by atoms with E-state index >= 15 is 0 Å². The number of aromatic nitrogens is 4. The van der Waals surface area contributed by atoms with Gasteiger partial charge < -0.3 is 10.6 Å². The summed E-state index contributed by atoms with van der Waals surface area (Å²) in [6.45, 7) is 4.41. The minimum Gasteiger partial charge on any atom is -0.323 e. The lowest BCUT2D eigenvalue weighted by Crippen LogP contribution is -2.32. The molecule has 2 atom stereocenters. The number of carbonyl (C=O) groups excluding carboxylic acids is 1. The van der Waals surface area contributed by atoms with Crippen LogP contribution in [-0.4, -0.2) is 32.7 Å². The third-order valence-electron chi connectivity index (χ3n) is 5.88. The summed E-state index contributed by atoms with van der Waals surface area (Å²) in [5.41, 5.74) is 1.83. The Bertz CT molecular complexity index is 868. The van der Waals surface area contributed by atoms with Crippen LogP contribution < -0.4 is 10.6 Å². The van der Waals surface area contributed by atoms with E-state index in [1.54, 1.807) is 0 Å². The van der Waals surface area contributed by atoms with Gasteiger partial charge in [-0.05, 0) is 85.2 Å². The smallest absolute Gasteiger partial charge is 0.247 e. The summed E-state index contributed by atoms with van der Waals surface area (Å²) >= 11 is 0. The number of nitrogens with zero attached hydrogens (tertiary/aromatic N) is 4. The molecule has 29 heavy (non-hydrogen) atoms. The van der Waals surface area contributed by atoms with E-state index < -0.39 is 0 Å². The molecular formula is C22H28N6O. The number of amides is 1. The quantitative estimate of drug-likeness (QED) is 0.530. The molecule has 1 fully saturated rings. The van der Waals surface area contributed by atoms with Crippen LogP contribution in [0.5, 0.6) is 0 Å². The van der Waals surface area contributed by atoms with Crippen LogP contribution in [0.15, 0.2) is 49.1 Å². The number of anilines is 1. The minimum absolute atomic E-state index is 0.0827. The molecule has 0 radical (unpaired) electrons. The molecular weight excluding hydrogens is 364 g/mol. The average Bonchev–Trinajstić information content (AvgIpc) is 3.17. The lowest BCUT2D eigenvalue weighted by molar-refractivity contribution is -0.111. The van der Waals surface area contributed by atoms with Gasteiger partial charge in [-0.25, -0.2) is 4.68 Å². The van der Waals surface area contributed by atoms with Crippen molar-refractivity contribution in [3.63, 3.8) is 0 Å². The second kappa shape index (κ2) is 9.13. The first-order chi connectivity index (χ1) is 14.2. The standard InChI is InChI=1S/C22H28N6O/c1-2-20(29)24-18-13-11-17(12-14-18)21(23-15-16-7-4-3-5-8-16)22-25-26-27-28(22)19-9-6-10-19/h2-4,11-14,16,19,21,23H,1,5-10,15H2,(H,24,29). The van der Waals surface area contributed by atoms with Gasteiger partial charge in [-0.3, -0.25) is 4.79 Å². The molecule has 0 saturated heterocycles. The molecule has 0 spiro atoms. The van der Waals surface area contributed by atoms with Crippen molar-refractivity contribution in [1.82, 2.24) is 25.5 Å². The van der Waals surface area contributed by atoms with Gasteiger partial charge in [0, 0.05) is 5.69 Å². The zero-order valence-corrected chi connectivity index (χ0v) is 16.6. The molecule has 152 valence electrons. The summed E-state index contributed by atoms with van der Waals surface area (Å²) in [7, 11) is 0. The van der Waals surface area contributed by atoms with Gasteiger partial charge in [0.2, 0.25) is 5.91 Å². The van der Waals surface area contributed by atoms with Crippen molar-refractivity contribution in [2.45, 2.75) is 50.6 Å². The molecule has 1 aromatic heterocycles. The van der Waals surface area contributed by atoms with Crippen molar-refractivity contribution in [3.8, 4) is 0 Å². The second-order valence-electron chi connectivity index (χ2n) is 7.87. The maximum atomic E-state index is 11.5. The number of tetrazole rings is 1. The summed E-state index contributed by atoms with van der Waals surface area (Å²) in [5.74, 6) is 1.28. The molecule has 4 rings (SSSR count). The fourth-order valence-electron chi connectivity index (χ4n) is 3.92. The van der Waals surface area contributed by atoms with E-state index in [2.05, 4.69) is 44.9 Å². The van der Waals surface area contributed by atoms with E-state index in [-0.39, 0.29) is 11.9 Å². The first-order valence-electron chi connectivity index (χ1n) is 10.4. The number of hydrogen-bond acceptors (Lipinski definition) is 5. The van der Waals surface area contributed by atoms with Crippen LogP contribution in [0.1, 0.15) is 62.0 Å². The van der Waals surface area contributed by atoms with E-state index in [1.165, 1.54) is 18.9 Å². The molecule has 2 unspecified atom stereocenters. The first-order valence-corrected chi connectivity index (χ1v) is 10.4. The fourth-order valence-corrected chi connectivity index (χ4v) is 3.92. The Morgan fingerprint density at radius 3 is 2.72 bits per heavy atom. The predicted octanol–water partition coefficient (Wildman–Crippen LogP) is 3.56. The Hall–Kier alpha value is -2.80. The first kappa shape index (κ1) is 19.5. The average molecular weight is 393 g/mol. The minimum atomic E-state index is -0.216. The molecule has 2 aliphatic carbocycles. The molecule has 2 aliphatic rings. The van der Waals surface area contributed by atoms with E-state index in [0.29, 0.717) is 12.0 Å². The lowest BCUT2D eigenvalue weighted by Gasteiger charge is -2.29. The Labute approximate surface area is 171 Å². The molecule has 1 aromatic carbocycles. The van der Waals surface area contributed by atoms with Crippen LogP contribution in [0.25, 0.3) is 0 Å². The number of carbonyl (C=O) groups is 1. The van der Waals surface area contributed by atoms with Gasteiger partial charge in [0.05, 0.1) is 12.1 Å². The van der Waals surface area contributed by atoms with Gasteiger partial charge in [0.25, 0.3) is 0 Å². The SMILES string of the molecule is C=CC(=O)Nc1ccc(C(NCC2CC=CCC2)c2nnnn2C2CCC2)cc1. The van der Waals surface area contributed by atoms with E-state index in [0.717, 1.165) is 49.3 Å². The van der Waals surface area contributed by atoms with E-state index in [1.807, 2.05) is 28.9 Å². The van der Waals surface area contributed by atoms with Crippen LogP contribution >= 0.6 is 0 Å². The zero-order chi connectivity index (χ0) is 20.1. The van der Waals surface area contributed by atoms with Crippen molar-refractivity contribution in [2.75, 3.05) is 11.9 Å². The Balaban J connectivity index is 1.56. The molecule has 7 nitrogen and oxygen atoms in total. The van der Waals surface area contributed by atoms with Crippen molar-refractivity contribution < 1.29 is 4.79 Å². The third kappa shape index (κ3) is 4.62. The highest BCUT2D eigenvalue weighted by molar-refractivity contribution is 5.98. The summed E-state index contributed by atoms with van der Waals surface area (Å²) < 4.78 is 2.00. The molecule has 0 aliphatic heterocycles. The Morgan fingerprint density at radius 2 is 2.07 bits per heavy atom. The van der Waals surface area contributed by atoms with Gasteiger partial charge >= 0.3 is 0 Å². The monoisotopic (exact) mass is 392 g/mol. The van der Waals surface area contributed by atoms with Crippen LogP contribution in [-0.2, 0) is 4.79 Å². The third-order valence-corrected chi connectivity index (χ3v) is 5.88. The summed E-state index contributed by atoms with van der Waals surface area (Å²) in [6, 6.07) is 8.18. The van der Waals surface area contributed by atoms with Crippen LogP contribution in [0.4, 0.5) is 5.69 Å². The van der Waals surface area contributed by atoms with Gasteiger partial charge in [-0.1, -0.05) is 30.9 Å². The van der Waals surface area contributed by atoms with Crippen molar-refractivity contribution in [1.29, 1.82) is 0 Å². The lowest BCUT2D eigenvalue weighted by atomic mass is 9.92. The fraction of sp³-hybridized carbons (Fsp3) is 0.455. The predicted molar refractivity (Wildman–Crippen MR) is 112 cm³/mol. The maximum absolute atomic E-state index is 11.5. The van der Waals surface area contributed by atoms with Crippen molar-refractivity contribution in [2.24, 2.45) is 5.92 Å². The maximum Gasteiger partial charge on any atom is 0.247 e. The Morgan fingerprint density at radius 1 is 1.24 bits per heavy atom. The zero-order valence-electron chi connectivity index (χ0n) is 16.6. The topological polar surface area (TPSA) is 84.7 Å². The molecule has 0 bridgehead atoms. The number of nitrogens with one attached hydrogen (secondary N) is 2. The molecule has 7 heteroatoms. The largest absolute Gasteiger partial charge is 0.323 e. The highest BCUT2D eigenvalue weighted by atomic mass is 16.1. The van der Waals surface area contributed by atoms with Gasteiger partial charge in [-0.15, -0.1) is 5.10 Å². The highest BCUT2D eigenvalue weighted by Gasteiger charge is 2.29. The van der Waals surface area contributed by atoms with E-state index in [4.69, 9.17) is 0 Å². The van der Waals surface area contributed by atoms with Crippen LogP contribution in [0, 0.1) is 5.92 Å². The molecule has 1 heterocycles. The van der Waals surface area contributed by atoms with Crippen LogP contribution in [0.3, 0.4) is 0 Å². The van der Waals surface area contributed by atoms with Crippen LogP contribution in [0.2, 0.25) is 0 Å². The highest BCUT2D eigenvalue weighted by Crippen LogP contribution is 2.34. The molecule has 2 N–H and O–H groups in total. The number of benzene rings is 1. The molecule has 1 amide bonds. The van der Waals surface area contributed by atoms with Gasteiger partial charge in [0.15, 0.2) is 5.82 Å². The summed E-state index contributed by atoms with van der Waals surface area (Å²) in [5, 5.41) is 19.2. The normalized spacial score (nSPS) is 20.1. The van der Waals surface area contributed by atoms with Crippen molar-refractivity contribution >= 4 is 11.6 Å². The number of rotatable bonds is 8. The van der Waals surface area contributed by atoms with E-state index in [9.17, 15) is 4.79 Å². The molecule has 2 aromatic rings. The van der Waals surface area contributed by atoms with Crippen molar-refractivity contribution in [3.05, 3.63) is 60.5 Å². The second-order valence-corrected chi connectivity index (χ2v) is 7.87. The van der Waals surface area contributed by atoms with Gasteiger partial charge in [0.1, 0.15) is 0 Å². The van der Waals surface area contributed by atoms with Gasteiger partial charge in [-0.2, -0.15) is 0 Å². The Kier molecular flexibility index (Phi) is 6.14. The summed E-state index contributed by atoms with van der Waals surface area (Å²) in [4.78, 5) is 11.5. The summed E-state index contributed by atoms with van der Waals surface area (Å²) in [6.07, 6.45) is 12.8. The number of allylic oxidation sites excluding steroid dienone is 2. The molecule has 1 saturated carbocycles.